The minimum absolute atomic E-state index is 0.348. The maximum atomic E-state index is 5.78. The smallest absolute Gasteiger partial charge is 0.118 e. The van der Waals surface area contributed by atoms with Gasteiger partial charge in [0, 0.05) is 17.6 Å². The van der Waals surface area contributed by atoms with E-state index in [4.69, 9.17) is 10.5 Å². The van der Waals surface area contributed by atoms with Gasteiger partial charge in [-0.25, -0.2) is 4.98 Å². The Morgan fingerprint density at radius 3 is 3.15 bits per heavy atom. The maximum Gasteiger partial charge on any atom is 0.118 e. The highest BCUT2D eigenvalue weighted by atomic mass is 32.1. The lowest BCUT2D eigenvalue weighted by atomic mass is 10.3. The molecule has 13 heavy (non-hydrogen) atoms. The zero-order valence-electron chi connectivity index (χ0n) is 7.48. The van der Waals surface area contributed by atoms with Crippen LogP contribution in [0.2, 0.25) is 0 Å². The van der Waals surface area contributed by atoms with Gasteiger partial charge in [0.25, 0.3) is 0 Å². The van der Waals surface area contributed by atoms with E-state index in [1.807, 2.05) is 11.6 Å². The Balaban J connectivity index is 1.74. The summed E-state index contributed by atoms with van der Waals surface area (Å²) in [6, 6.07) is 0.348. The van der Waals surface area contributed by atoms with Crippen LogP contribution in [0.3, 0.4) is 0 Å². The van der Waals surface area contributed by atoms with Crippen molar-refractivity contribution in [3.05, 3.63) is 16.6 Å². The third-order valence-corrected chi connectivity index (χ3v) is 3.10. The SMILES string of the molecule is NC1CCC(OCc2nccs2)C1. The molecule has 3 nitrogen and oxygen atoms in total. The average Bonchev–Trinajstić information content (AvgIpc) is 2.71. The van der Waals surface area contributed by atoms with E-state index in [1.165, 1.54) is 0 Å². The first-order valence-corrected chi connectivity index (χ1v) is 5.48. The second-order valence-electron chi connectivity index (χ2n) is 3.43. The molecule has 1 aromatic heterocycles. The number of rotatable bonds is 3. The second kappa shape index (κ2) is 4.17. The summed E-state index contributed by atoms with van der Waals surface area (Å²) in [5, 5.41) is 3.03. The Morgan fingerprint density at radius 1 is 1.62 bits per heavy atom. The average molecular weight is 198 g/mol. The molecule has 0 aromatic carbocycles. The first kappa shape index (κ1) is 9.12. The predicted molar refractivity (Wildman–Crippen MR) is 52.5 cm³/mol. The van der Waals surface area contributed by atoms with E-state index in [1.54, 1.807) is 11.3 Å². The minimum Gasteiger partial charge on any atom is -0.371 e. The molecule has 1 aromatic rings. The molecule has 0 radical (unpaired) electrons. The molecule has 72 valence electrons. The molecule has 1 aliphatic carbocycles. The lowest BCUT2D eigenvalue weighted by molar-refractivity contribution is 0.0447. The zero-order chi connectivity index (χ0) is 9.10. The fourth-order valence-corrected chi connectivity index (χ4v) is 2.17. The van der Waals surface area contributed by atoms with Crippen molar-refractivity contribution in [1.29, 1.82) is 0 Å². The van der Waals surface area contributed by atoms with E-state index >= 15 is 0 Å². The summed E-state index contributed by atoms with van der Waals surface area (Å²) in [6.45, 7) is 0.648. The third-order valence-electron chi connectivity index (χ3n) is 2.35. The fraction of sp³-hybridized carbons (Fsp3) is 0.667. The van der Waals surface area contributed by atoms with Gasteiger partial charge in [0.15, 0.2) is 0 Å². The number of ether oxygens (including phenoxy) is 1. The van der Waals surface area contributed by atoms with Gasteiger partial charge in [-0.2, -0.15) is 0 Å². The van der Waals surface area contributed by atoms with Crippen LogP contribution in [0.15, 0.2) is 11.6 Å². The van der Waals surface area contributed by atoms with Crippen LogP contribution in [0.5, 0.6) is 0 Å². The van der Waals surface area contributed by atoms with Crippen molar-refractivity contribution in [1.82, 2.24) is 4.98 Å². The maximum absolute atomic E-state index is 5.78. The number of thiazole rings is 1. The summed E-state index contributed by atoms with van der Waals surface area (Å²) in [5.41, 5.74) is 5.78. The molecule has 1 aliphatic rings. The van der Waals surface area contributed by atoms with Crippen LogP contribution < -0.4 is 5.73 Å². The molecule has 2 N–H and O–H groups in total. The number of aromatic nitrogens is 1. The molecule has 1 saturated carbocycles. The summed E-state index contributed by atoms with van der Waals surface area (Å²) in [4.78, 5) is 4.16. The lowest BCUT2D eigenvalue weighted by Gasteiger charge is -2.09. The summed E-state index contributed by atoms with van der Waals surface area (Å²) >= 11 is 1.64. The Morgan fingerprint density at radius 2 is 2.54 bits per heavy atom. The van der Waals surface area contributed by atoms with Crippen molar-refractivity contribution in [2.75, 3.05) is 0 Å². The predicted octanol–water partition coefficient (Wildman–Crippen LogP) is 1.54. The van der Waals surface area contributed by atoms with Crippen LogP contribution in [0.4, 0.5) is 0 Å². The van der Waals surface area contributed by atoms with Crippen LogP contribution in [-0.2, 0) is 11.3 Å². The summed E-state index contributed by atoms with van der Waals surface area (Å²) in [5.74, 6) is 0. The third kappa shape index (κ3) is 2.49. The molecule has 0 amide bonds. The second-order valence-corrected chi connectivity index (χ2v) is 4.41. The van der Waals surface area contributed by atoms with Gasteiger partial charge in [-0.3, -0.25) is 0 Å². The number of nitrogens with two attached hydrogens (primary N) is 1. The van der Waals surface area contributed by atoms with E-state index in [-0.39, 0.29) is 0 Å². The molecule has 0 aliphatic heterocycles. The molecule has 2 rings (SSSR count). The molecule has 1 fully saturated rings. The standard InChI is InChI=1S/C9H14N2OS/c10-7-1-2-8(5-7)12-6-9-11-3-4-13-9/h3-4,7-8H,1-2,5-6,10H2. The summed E-state index contributed by atoms with van der Waals surface area (Å²) in [7, 11) is 0. The van der Waals surface area contributed by atoms with Crippen molar-refractivity contribution in [2.45, 2.75) is 38.0 Å². The Bertz CT molecular complexity index is 250. The van der Waals surface area contributed by atoms with Crippen molar-refractivity contribution in [3.8, 4) is 0 Å². The Labute approximate surface area is 81.9 Å². The molecule has 0 saturated heterocycles. The molecule has 1 heterocycles. The molecule has 0 spiro atoms. The normalized spacial score (nSPS) is 28.1. The monoisotopic (exact) mass is 198 g/mol. The minimum atomic E-state index is 0.348. The number of hydrogen-bond acceptors (Lipinski definition) is 4. The van der Waals surface area contributed by atoms with Crippen molar-refractivity contribution in [3.63, 3.8) is 0 Å². The van der Waals surface area contributed by atoms with Crippen LogP contribution in [0.25, 0.3) is 0 Å². The van der Waals surface area contributed by atoms with Crippen LogP contribution in [0.1, 0.15) is 24.3 Å². The zero-order valence-corrected chi connectivity index (χ0v) is 8.30. The van der Waals surface area contributed by atoms with Gasteiger partial charge in [0.2, 0.25) is 0 Å². The van der Waals surface area contributed by atoms with Gasteiger partial charge in [0.1, 0.15) is 5.01 Å². The molecular weight excluding hydrogens is 184 g/mol. The van der Waals surface area contributed by atoms with Crippen molar-refractivity contribution >= 4 is 11.3 Å². The van der Waals surface area contributed by atoms with Gasteiger partial charge in [-0.15, -0.1) is 11.3 Å². The van der Waals surface area contributed by atoms with Crippen molar-refractivity contribution < 1.29 is 4.74 Å². The van der Waals surface area contributed by atoms with Crippen LogP contribution in [-0.4, -0.2) is 17.1 Å². The van der Waals surface area contributed by atoms with Gasteiger partial charge in [0.05, 0.1) is 12.7 Å². The van der Waals surface area contributed by atoms with E-state index in [0.717, 1.165) is 24.3 Å². The largest absolute Gasteiger partial charge is 0.371 e. The first-order chi connectivity index (χ1) is 6.34. The molecule has 2 unspecified atom stereocenters. The topological polar surface area (TPSA) is 48.1 Å². The van der Waals surface area contributed by atoms with Crippen LogP contribution in [0, 0.1) is 0 Å². The van der Waals surface area contributed by atoms with Gasteiger partial charge in [-0.05, 0) is 19.3 Å². The van der Waals surface area contributed by atoms with E-state index in [2.05, 4.69) is 4.98 Å². The summed E-state index contributed by atoms with van der Waals surface area (Å²) in [6.07, 6.45) is 5.38. The Hall–Kier alpha value is -0.450. The highest BCUT2D eigenvalue weighted by Gasteiger charge is 2.22. The van der Waals surface area contributed by atoms with Gasteiger partial charge >= 0.3 is 0 Å². The molecule has 4 heteroatoms. The van der Waals surface area contributed by atoms with E-state index in [9.17, 15) is 0 Å². The highest BCUT2D eigenvalue weighted by molar-refractivity contribution is 7.09. The summed E-state index contributed by atoms with van der Waals surface area (Å²) < 4.78 is 5.69. The van der Waals surface area contributed by atoms with Gasteiger partial charge in [-0.1, -0.05) is 0 Å². The van der Waals surface area contributed by atoms with E-state index < -0.39 is 0 Å². The first-order valence-electron chi connectivity index (χ1n) is 4.60. The highest BCUT2D eigenvalue weighted by Crippen LogP contribution is 2.21. The lowest BCUT2D eigenvalue weighted by Crippen LogP contribution is -2.17. The Kier molecular flexibility index (Phi) is 2.93. The molecule has 2 atom stereocenters. The number of hydrogen-bond donors (Lipinski definition) is 1. The van der Waals surface area contributed by atoms with Crippen LogP contribution >= 0.6 is 11.3 Å². The van der Waals surface area contributed by atoms with Gasteiger partial charge < -0.3 is 10.5 Å². The molecule has 0 bridgehead atoms. The quantitative estimate of drug-likeness (QED) is 0.801. The van der Waals surface area contributed by atoms with Crippen molar-refractivity contribution in [2.24, 2.45) is 5.73 Å². The van der Waals surface area contributed by atoms with E-state index in [0.29, 0.717) is 18.8 Å². The molecular formula is C9H14N2OS. The number of nitrogens with zero attached hydrogens (tertiary/aromatic N) is 1. The fourth-order valence-electron chi connectivity index (χ4n) is 1.64.